The monoisotopic (exact) mass is 355 g/mol. The molecule has 0 saturated heterocycles. The van der Waals surface area contributed by atoms with Crippen molar-refractivity contribution in [3.8, 4) is 5.75 Å². The number of amides is 1. The molecule has 0 aliphatic heterocycles. The SMILES string of the molecule is Cc1c(C)c2ccc(OC(C)C(=O)N(C)Cc3ncc[nH]3)cc2oc1=O. The molecule has 2 aromatic heterocycles. The number of nitrogens with zero attached hydrogens (tertiary/aromatic N) is 2. The number of nitrogens with one attached hydrogen (secondary N) is 1. The van der Waals surface area contributed by atoms with E-state index in [1.807, 2.05) is 13.0 Å². The van der Waals surface area contributed by atoms with Crippen LogP contribution in [0.15, 0.2) is 39.8 Å². The van der Waals surface area contributed by atoms with E-state index in [-0.39, 0.29) is 11.5 Å². The van der Waals surface area contributed by atoms with Gasteiger partial charge in [-0.05, 0) is 38.5 Å². The number of imidazole rings is 1. The summed E-state index contributed by atoms with van der Waals surface area (Å²) in [6, 6.07) is 5.24. The highest BCUT2D eigenvalue weighted by molar-refractivity contribution is 5.83. The van der Waals surface area contributed by atoms with Gasteiger partial charge in [-0.2, -0.15) is 0 Å². The molecule has 7 nitrogen and oxygen atoms in total. The lowest BCUT2D eigenvalue weighted by atomic mass is 10.1. The molecule has 2 heterocycles. The number of ether oxygens (including phenoxy) is 1. The zero-order valence-corrected chi connectivity index (χ0v) is 15.2. The van der Waals surface area contributed by atoms with E-state index in [1.165, 1.54) is 4.90 Å². The highest BCUT2D eigenvalue weighted by atomic mass is 16.5. The van der Waals surface area contributed by atoms with Gasteiger partial charge < -0.3 is 19.0 Å². The van der Waals surface area contributed by atoms with E-state index < -0.39 is 6.10 Å². The minimum Gasteiger partial charge on any atom is -0.481 e. The van der Waals surface area contributed by atoms with Crippen molar-refractivity contribution in [3.63, 3.8) is 0 Å². The van der Waals surface area contributed by atoms with Crippen LogP contribution < -0.4 is 10.4 Å². The van der Waals surface area contributed by atoms with Crippen LogP contribution in [0.1, 0.15) is 23.9 Å². The van der Waals surface area contributed by atoms with Crippen molar-refractivity contribution in [3.05, 3.63) is 58.0 Å². The molecule has 0 saturated carbocycles. The van der Waals surface area contributed by atoms with Crippen molar-refractivity contribution in [1.82, 2.24) is 14.9 Å². The largest absolute Gasteiger partial charge is 0.481 e. The number of hydrogen-bond donors (Lipinski definition) is 1. The zero-order valence-electron chi connectivity index (χ0n) is 15.2. The van der Waals surface area contributed by atoms with Gasteiger partial charge in [-0.25, -0.2) is 9.78 Å². The molecule has 26 heavy (non-hydrogen) atoms. The van der Waals surface area contributed by atoms with Gasteiger partial charge in [0.05, 0.1) is 6.54 Å². The molecule has 0 spiro atoms. The van der Waals surface area contributed by atoms with Gasteiger partial charge in [0.1, 0.15) is 17.2 Å². The summed E-state index contributed by atoms with van der Waals surface area (Å²) in [5.74, 6) is 0.991. The molecule has 0 bridgehead atoms. The van der Waals surface area contributed by atoms with E-state index in [1.54, 1.807) is 45.4 Å². The highest BCUT2D eigenvalue weighted by Gasteiger charge is 2.20. The summed E-state index contributed by atoms with van der Waals surface area (Å²) < 4.78 is 11.1. The average Bonchev–Trinajstić information content (AvgIpc) is 3.11. The van der Waals surface area contributed by atoms with Gasteiger partial charge in [-0.3, -0.25) is 4.79 Å². The predicted octanol–water partition coefficient (Wildman–Crippen LogP) is 2.56. The molecule has 1 N–H and O–H groups in total. The molecule has 1 amide bonds. The number of hydrogen-bond acceptors (Lipinski definition) is 5. The number of aromatic nitrogens is 2. The number of rotatable bonds is 5. The zero-order chi connectivity index (χ0) is 18.8. The Kier molecular flexibility index (Phi) is 4.79. The first-order valence-corrected chi connectivity index (χ1v) is 8.30. The van der Waals surface area contributed by atoms with E-state index in [9.17, 15) is 9.59 Å². The van der Waals surface area contributed by atoms with Crippen molar-refractivity contribution in [2.75, 3.05) is 7.05 Å². The molecule has 7 heteroatoms. The van der Waals surface area contributed by atoms with Gasteiger partial charge in [-0.1, -0.05) is 0 Å². The third-order valence-electron chi connectivity index (χ3n) is 4.41. The Bertz CT molecular complexity index is 992. The van der Waals surface area contributed by atoms with Crippen LogP contribution in [0.2, 0.25) is 0 Å². The number of benzene rings is 1. The van der Waals surface area contributed by atoms with E-state index in [0.29, 0.717) is 29.3 Å². The molecule has 3 aromatic rings. The van der Waals surface area contributed by atoms with Gasteiger partial charge >= 0.3 is 5.63 Å². The Morgan fingerprint density at radius 1 is 1.35 bits per heavy atom. The van der Waals surface area contributed by atoms with Crippen molar-refractivity contribution >= 4 is 16.9 Å². The maximum atomic E-state index is 12.5. The molecule has 0 fully saturated rings. The molecular formula is C19H21N3O4. The quantitative estimate of drug-likeness (QED) is 0.711. The molecule has 3 rings (SSSR count). The van der Waals surface area contributed by atoms with Crippen LogP contribution in [0.5, 0.6) is 5.75 Å². The molecule has 1 unspecified atom stereocenters. The highest BCUT2D eigenvalue weighted by Crippen LogP contribution is 2.24. The topological polar surface area (TPSA) is 88.4 Å². The minimum atomic E-state index is -0.689. The fourth-order valence-corrected chi connectivity index (χ4v) is 2.75. The van der Waals surface area contributed by atoms with Gasteiger partial charge in [0.25, 0.3) is 5.91 Å². The summed E-state index contributed by atoms with van der Waals surface area (Å²) in [5, 5.41) is 0.850. The van der Waals surface area contributed by atoms with Crippen LogP contribution in [0.3, 0.4) is 0 Å². The molecular weight excluding hydrogens is 334 g/mol. The fraction of sp³-hybridized carbons (Fsp3) is 0.316. The van der Waals surface area contributed by atoms with Crippen LogP contribution in [0, 0.1) is 13.8 Å². The van der Waals surface area contributed by atoms with Gasteiger partial charge in [0, 0.05) is 36.5 Å². The average molecular weight is 355 g/mol. The maximum Gasteiger partial charge on any atom is 0.339 e. The van der Waals surface area contributed by atoms with E-state index >= 15 is 0 Å². The van der Waals surface area contributed by atoms with Crippen molar-refractivity contribution in [2.24, 2.45) is 0 Å². The van der Waals surface area contributed by atoms with Crippen LogP contribution in [-0.4, -0.2) is 33.9 Å². The lowest BCUT2D eigenvalue weighted by Gasteiger charge is -2.21. The van der Waals surface area contributed by atoms with Gasteiger partial charge in [-0.15, -0.1) is 0 Å². The Hall–Kier alpha value is -3.09. The number of likely N-dealkylation sites (N-methyl/N-ethyl adjacent to an activating group) is 1. The molecule has 1 atom stereocenters. The van der Waals surface area contributed by atoms with Gasteiger partial charge in [0.15, 0.2) is 6.10 Å². The predicted molar refractivity (Wildman–Crippen MR) is 97.1 cm³/mol. The minimum absolute atomic E-state index is 0.178. The Morgan fingerprint density at radius 3 is 2.81 bits per heavy atom. The van der Waals surface area contributed by atoms with Crippen molar-refractivity contribution < 1.29 is 13.9 Å². The number of aryl methyl sites for hydroxylation is 1. The number of carbonyl (C=O) groups is 1. The smallest absolute Gasteiger partial charge is 0.339 e. The second-order valence-electron chi connectivity index (χ2n) is 6.29. The third-order valence-corrected chi connectivity index (χ3v) is 4.41. The van der Waals surface area contributed by atoms with Crippen LogP contribution in [0.25, 0.3) is 11.0 Å². The van der Waals surface area contributed by atoms with Crippen LogP contribution >= 0.6 is 0 Å². The molecule has 0 aliphatic carbocycles. The second-order valence-corrected chi connectivity index (χ2v) is 6.29. The Morgan fingerprint density at radius 2 is 2.12 bits per heavy atom. The number of H-pyrrole nitrogens is 1. The first-order chi connectivity index (χ1) is 12.4. The lowest BCUT2D eigenvalue weighted by molar-refractivity contribution is -0.137. The van der Waals surface area contributed by atoms with Crippen LogP contribution in [0.4, 0.5) is 0 Å². The lowest BCUT2D eigenvalue weighted by Crippen LogP contribution is -2.37. The normalized spacial score (nSPS) is 12.2. The molecule has 0 radical (unpaired) electrons. The number of fused-ring (bicyclic) bond motifs is 1. The van der Waals surface area contributed by atoms with E-state index in [2.05, 4.69) is 9.97 Å². The summed E-state index contributed by atoms with van der Waals surface area (Å²) >= 11 is 0. The second kappa shape index (κ2) is 7.03. The van der Waals surface area contributed by atoms with E-state index in [0.717, 1.165) is 10.9 Å². The van der Waals surface area contributed by atoms with Crippen molar-refractivity contribution in [2.45, 2.75) is 33.4 Å². The molecule has 136 valence electrons. The van der Waals surface area contributed by atoms with Crippen molar-refractivity contribution in [1.29, 1.82) is 0 Å². The number of carbonyl (C=O) groups excluding carboxylic acids is 1. The summed E-state index contributed by atoms with van der Waals surface area (Å²) in [7, 11) is 1.69. The number of aromatic amines is 1. The maximum absolute atomic E-state index is 12.5. The Labute approximate surface area is 150 Å². The summed E-state index contributed by atoms with van der Waals surface area (Å²) in [5.41, 5.74) is 1.55. The fourth-order valence-electron chi connectivity index (χ4n) is 2.75. The Balaban J connectivity index is 1.76. The summed E-state index contributed by atoms with van der Waals surface area (Å²) in [6.45, 7) is 5.66. The van der Waals surface area contributed by atoms with E-state index in [4.69, 9.17) is 9.15 Å². The standard InChI is InChI=1S/C19H21N3O4/c1-11-12(2)19(24)26-16-9-14(5-6-15(11)16)25-13(3)18(23)22(4)10-17-20-7-8-21-17/h5-9,13H,10H2,1-4H3,(H,20,21). The first-order valence-electron chi connectivity index (χ1n) is 8.30. The summed E-state index contributed by atoms with van der Waals surface area (Å²) in [4.78, 5) is 32.9. The summed E-state index contributed by atoms with van der Waals surface area (Å²) in [6.07, 6.45) is 2.66. The first kappa shape index (κ1) is 17.7. The molecule has 1 aromatic carbocycles. The third kappa shape index (κ3) is 3.46. The van der Waals surface area contributed by atoms with Crippen LogP contribution in [-0.2, 0) is 11.3 Å². The van der Waals surface area contributed by atoms with Gasteiger partial charge in [0.2, 0.25) is 0 Å². The molecule has 0 aliphatic rings.